The van der Waals surface area contributed by atoms with Crippen molar-refractivity contribution in [3.05, 3.63) is 54.0 Å². The quantitative estimate of drug-likeness (QED) is 0.619. The fourth-order valence-electron chi connectivity index (χ4n) is 1.98. The second-order valence-electron chi connectivity index (χ2n) is 4.74. The molecule has 0 radical (unpaired) electrons. The van der Waals surface area contributed by atoms with Gasteiger partial charge in [0.1, 0.15) is 11.5 Å². The third-order valence-corrected chi connectivity index (χ3v) is 2.82. The summed E-state index contributed by atoms with van der Waals surface area (Å²) < 4.78 is 11.0. The summed E-state index contributed by atoms with van der Waals surface area (Å²) in [7, 11) is 0. The predicted octanol–water partition coefficient (Wildman–Crippen LogP) is 2.81. The van der Waals surface area contributed by atoms with Crippen LogP contribution >= 0.6 is 0 Å². The maximum atomic E-state index is 5.69. The summed E-state index contributed by atoms with van der Waals surface area (Å²) in [6.07, 6.45) is 2.53. The molecule has 0 saturated carbocycles. The first-order valence-electron chi connectivity index (χ1n) is 6.44. The van der Waals surface area contributed by atoms with Crippen LogP contribution in [0.4, 0.5) is 0 Å². The molecule has 0 amide bonds. The van der Waals surface area contributed by atoms with Gasteiger partial charge in [-0.3, -0.25) is 11.3 Å². The van der Waals surface area contributed by atoms with Crippen LogP contribution in [0.1, 0.15) is 31.2 Å². The first-order valence-corrected chi connectivity index (χ1v) is 6.44. The Kier molecular flexibility index (Phi) is 4.60. The lowest BCUT2D eigenvalue weighted by molar-refractivity contribution is 0.242. The van der Waals surface area contributed by atoms with E-state index in [0.29, 0.717) is 6.42 Å². The Balaban J connectivity index is 2.13. The van der Waals surface area contributed by atoms with Gasteiger partial charge in [0.2, 0.25) is 0 Å². The molecule has 2 rings (SSSR count). The highest BCUT2D eigenvalue weighted by Gasteiger charge is 2.13. The molecule has 19 heavy (non-hydrogen) atoms. The van der Waals surface area contributed by atoms with Crippen molar-refractivity contribution >= 4 is 0 Å². The zero-order valence-electron chi connectivity index (χ0n) is 11.3. The van der Waals surface area contributed by atoms with Crippen molar-refractivity contribution in [2.75, 3.05) is 0 Å². The Hall–Kier alpha value is -1.78. The summed E-state index contributed by atoms with van der Waals surface area (Å²) in [5.74, 6) is 7.40. The van der Waals surface area contributed by atoms with Gasteiger partial charge in [-0.15, -0.1) is 0 Å². The van der Waals surface area contributed by atoms with Crippen LogP contribution in [-0.4, -0.2) is 6.10 Å². The third-order valence-electron chi connectivity index (χ3n) is 2.82. The van der Waals surface area contributed by atoms with E-state index in [9.17, 15) is 0 Å². The molecule has 1 aromatic heterocycles. The molecule has 1 unspecified atom stereocenters. The molecule has 1 atom stereocenters. The minimum atomic E-state index is 0.00172. The summed E-state index contributed by atoms with van der Waals surface area (Å²) in [5, 5.41) is 0. The largest absolute Gasteiger partial charge is 0.491 e. The molecule has 0 spiro atoms. The molecular weight excluding hydrogens is 240 g/mol. The van der Waals surface area contributed by atoms with Gasteiger partial charge in [0.25, 0.3) is 0 Å². The SMILES string of the molecule is CC(C)Oc1cccc(C(Cc2ccco2)NN)c1. The maximum absolute atomic E-state index is 5.69. The highest BCUT2D eigenvalue weighted by molar-refractivity contribution is 5.31. The minimum Gasteiger partial charge on any atom is -0.491 e. The molecule has 0 aliphatic heterocycles. The van der Waals surface area contributed by atoms with E-state index >= 15 is 0 Å². The second-order valence-corrected chi connectivity index (χ2v) is 4.74. The first-order chi connectivity index (χ1) is 9.19. The number of benzene rings is 1. The van der Waals surface area contributed by atoms with Crippen LogP contribution in [-0.2, 0) is 6.42 Å². The van der Waals surface area contributed by atoms with Crippen molar-refractivity contribution in [1.29, 1.82) is 0 Å². The van der Waals surface area contributed by atoms with E-state index in [-0.39, 0.29) is 12.1 Å². The molecule has 2 aromatic rings. The van der Waals surface area contributed by atoms with E-state index in [1.54, 1.807) is 6.26 Å². The highest BCUT2D eigenvalue weighted by Crippen LogP contribution is 2.22. The highest BCUT2D eigenvalue weighted by atomic mass is 16.5. The lowest BCUT2D eigenvalue weighted by Gasteiger charge is -2.17. The Bertz CT molecular complexity index is 495. The molecule has 4 heteroatoms. The summed E-state index contributed by atoms with van der Waals surface area (Å²) in [6.45, 7) is 4.02. The van der Waals surface area contributed by atoms with E-state index in [2.05, 4.69) is 5.43 Å². The summed E-state index contributed by atoms with van der Waals surface area (Å²) >= 11 is 0. The van der Waals surface area contributed by atoms with E-state index < -0.39 is 0 Å². The molecule has 0 bridgehead atoms. The molecular formula is C15H20N2O2. The minimum absolute atomic E-state index is 0.00172. The second kappa shape index (κ2) is 6.41. The number of hydrogen-bond donors (Lipinski definition) is 2. The van der Waals surface area contributed by atoms with Gasteiger partial charge in [-0.25, -0.2) is 0 Å². The van der Waals surface area contributed by atoms with Crippen LogP contribution < -0.4 is 16.0 Å². The monoisotopic (exact) mass is 260 g/mol. The van der Waals surface area contributed by atoms with Gasteiger partial charge in [-0.2, -0.15) is 0 Å². The van der Waals surface area contributed by atoms with Crippen LogP contribution in [0.25, 0.3) is 0 Å². The van der Waals surface area contributed by atoms with Crippen molar-refractivity contribution in [2.24, 2.45) is 5.84 Å². The maximum Gasteiger partial charge on any atom is 0.120 e. The molecule has 0 aliphatic rings. The summed E-state index contributed by atoms with van der Waals surface area (Å²) in [6, 6.07) is 11.8. The lowest BCUT2D eigenvalue weighted by atomic mass is 10.0. The first kappa shape index (κ1) is 13.6. The Morgan fingerprint density at radius 3 is 2.74 bits per heavy atom. The fraction of sp³-hybridized carbons (Fsp3) is 0.333. The number of nitrogens with one attached hydrogen (secondary N) is 1. The molecule has 4 nitrogen and oxygen atoms in total. The van der Waals surface area contributed by atoms with E-state index in [1.807, 2.05) is 50.2 Å². The van der Waals surface area contributed by atoms with Crippen molar-refractivity contribution in [3.8, 4) is 5.75 Å². The molecule has 3 N–H and O–H groups in total. The number of rotatable bonds is 6. The third kappa shape index (κ3) is 3.84. The average molecular weight is 260 g/mol. The smallest absolute Gasteiger partial charge is 0.120 e. The van der Waals surface area contributed by atoms with Crippen molar-refractivity contribution in [2.45, 2.75) is 32.4 Å². The number of hydrogen-bond acceptors (Lipinski definition) is 4. The van der Waals surface area contributed by atoms with Crippen LogP contribution in [0, 0.1) is 0 Å². The van der Waals surface area contributed by atoms with Crippen LogP contribution in [0.15, 0.2) is 47.1 Å². The average Bonchev–Trinajstić information content (AvgIpc) is 2.88. The molecule has 1 aromatic carbocycles. The fourth-order valence-corrected chi connectivity index (χ4v) is 1.98. The number of ether oxygens (including phenoxy) is 1. The van der Waals surface area contributed by atoms with Crippen LogP contribution in [0.3, 0.4) is 0 Å². The topological polar surface area (TPSA) is 60.4 Å². The molecule has 0 aliphatic carbocycles. The Morgan fingerprint density at radius 2 is 2.11 bits per heavy atom. The lowest BCUT2D eigenvalue weighted by Crippen LogP contribution is -2.29. The zero-order valence-corrected chi connectivity index (χ0v) is 11.3. The molecule has 0 fully saturated rings. The van der Waals surface area contributed by atoms with Gasteiger partial charge >= 0.3 is 0 Å². The Labute approximate surface area is 113 Å². The van der Waals surface area contributed by atoms with Crippen LogP contribution in [0.5, 0.6) is 5.75 Å². The van der Waals surface area contributed by atoms with E-state index in [1.165, 1.54) is 0 Å². The van der Waals surface area contributed by atoms with Gasteiger partial charge in [0, 0.05) is 6.42 Å². The van der Waals surface area contributed by atoms with Gasteiger partial charge in [0.15, 0.2) is 0 Å². The molecule has 0 saturated heterocycles. The number of nitrogens with two attached hydrogens (primary N) is 1. The number of furan rings is 1. The van der Waals surface area contributed by atoms with Crippen molar-refractivity contribution in [1.82, 2.24) is 5.43 Å². The van der Waals surface area contributed by atoms with Gasteiger partial charge in [-0.1, -0.05) is 12.1 Å². The Morgan fingerprint density at radius 1 is 1.26 bits per heavy atom. The predicted molar refractivity (Wildman–Crippen MR) is 74.7 cm³/mol. The van der Waals surface area contributed by atoms with Crippen molar-refractivity contribution in [3.63, 3.8) is 0 Å². The zero-order chi connectivity index (χ0) is 13.7. The van der Waals surface area contributed by atoms with Gasteiger partial charge in [-0.05, 0) is 43.7 Å². The number of hydrazine groups is 1. The standard InChI is InChI=1S/C15H20N2O2/c1-11(2)19-14-6-3-5-12(9-14)15(17-16)10-13-7-4-8-18-13/h3-9,11,15,17H,10,16H2,1-2H3. The molecule has 1 heterocycles. The van der Waals surface area contributed by atoms with Crippen molar-refractivity contribution < 1.29 is 9.15 Å². The van der Waals surface area contributed by atoms with Gasteiger partial charge in [0.05, 0.1) is 18.4 Å². The summed E-state index contributed by atoms with van der Waals surface area (Å²) in [4.78, 5) is 0. The molecule has 102 valence electrons. The van der Waals surface area contributed by atoms with E-state index in [4.69, 9.17) is 15.0 Å². The van der Waals surface area contributed by atoms with Crippen LogP contribution in [0.2, 0.25) is 0 Å². The van der Waals surface area contributed by atoms with Gasteiger partial charge < -0.3 is 9.15 Å². The van der Waals surface area contributed by atoms with E-state index in [0.717, 1.165) is 17.1 Å². The normalized spacial score (nSPS) is 12.6. The summed E-state index contributed by atoms with van der Waals surface area (Å²) in [5.41, 5.74) is 3.90.